The smallest absolute Gasteiger partial charge is 0.432 e. The van der Waals surface area contributed by atoms with Crippen LogP contribution in [0.3, 0.4) is 0 Å². The van der Waals surface area contributed by atoms with E-state index >= 15 is 0 Å². The van der Waals surface area contributed by atoms with Gasteiger partial charge in [-0.1, -0.05) is 33.1 Å². The summed E-state index contributed by atoms with van der Waals surface area (Å²) in [7, 11) is 3.20. The van der Waals surface area contributed by atoms with Gasteiger partial charge in [0.2, 0.25) is 0 Å². The normalized spacial score (nSPS) is 22.5. The van der Waals surface area contributed by atoms with Crippen molar-refractivity contribution < 1.29 is 38.0 Å². The molecule has 4 unspecified atom stereocenters. The van der Waals surface area contributed by atoms with Crippen LogP contribution in [0.1, 0.15) is 90.9 Å². The van der Waals surface area contributed by atoms with E-state index in [1.807, 2.05) is 13.8 Å². The lowest BCUT2D eigenvalue weighted by Gasteiger charge is -2.22. The molecule has 0 N–H and O–H groups in total. The lowest BCUT2D eigenvalue weighted by Crippen LogP contribution is -2.26. The van der Waals surface area contributed by atoms with E-state index in [0.29, 0.717) is 12.8 Å². The molecule has 0 aromatic carbocycles. The van der Waals surface area contributed by atoms with Gasteiger partial charge in [-0.25, -0.2) is 9.59 Å². The fourth-order valence-corrected chi connectivity index (χ4v) is 3.74. The molecular formula is C24H44O8. The average Bonchev–Trinajstić information content (AvgIpc) is 2.78. The fraction of sp³-hybridized carbons (Fsp3) is 0.917. The number of methoxy groups -OCH3 is 2. The van der Waals surface area contributed by atoms with Crippen LogP contribution < -0.4 is 0 Å². The van der Waals surface area contributed by atoms with Gasteiger partial charge >= 0.3 is 12.3 Å². The second-order valence-electron chi connectivity index (χ2n) is 8.41. The highest BCUT2D eigenvalue weighted by atomic mass is 16.7. The molecule has 8 nitrogen and oxygen atoms in total. The second kappa shape index (κ2) is 18.0. The van der Waals surface area contributed by atoms with Crippen molar-refractivity contribution in [3.8, 4) is 0 Å². The Kier molecular flexibility index (Phi) is 16.0. The van der Waals surface area contributed by atoms with Gasteiger partial charge in [0.25, 0.3) is 0 Å². The molecule has 1 aliphatic rings. The van der Waals surface area contributed by atoms with Gasteiger partial charge in [0, 0.05) is 14.2 Å². The third-order valence-corrected chi connectivity index (χ3v) is 5.98. The van der Waals surface area contributed by atoms with Crippen LogP contribution in [0.15, 0.2) is 0 Å². The Morgan fingerprint density at radius 2 is 1.03 bits per heavy atom. The number of carbonyl (C=O) groups excluding carboxylic acids is 2. The fourth-order valence-electron chi connectivity index (χ4n) is 3.74. The summed E-state index contributed by atoms with van der Waals surface area (Å²) in [5.41, 5.74) is 0. The Morgan fingerprint density at radius 3 is 1.41 bits per heavy atom. The van der Waals surface area contributed by atoms with E-state index in [4.69, 9.17) is 28.4 Å². The largest absolute Gasteiger partial charge is 0.508 e. The Morgan fingerprint density at radius 1 is 0.656 bits per heavy atom. The summed E-state index contributed by atoms with van der Waals surface area (Å²) < 4.78 is 32.0. The summed E-state index contributed by atoms with van der Waals surface area (Å²) in [4.78, 5) is 24.2. The van der Waals surface area contributed by atoms with Crippen LogP contribution in [0.2, 0.25) is 0 Å². The highest BCUT2D eigenvalue weighted by molar-refractivity contribution is 5.60. The Labute approximate surface area is 193 Å². The minimum atomic E-state index is -0.641. The van der Waals surface area contributed by atoms with E-state index in [2.05, 4.69) is 0 Å². The average molecular weight is 461 g/mol. The lowest BCUT2D eigenvalue weighted by atomic mass is 9.98. The molecule has 0 aliphatic heterocycles. The summed E-state index contributed by atoms with van der Waals surface area (Å²) >= 11 is 0. The van der Waals surface area contributed by atoms with Crippen molar-refractivity contribution >= 4 is 12.3 Å². The Bertz CT molecular complexity index is 448. The number of carbonyl (C=O) groups is 2. The minimum Gasteiger partial charge on any atom is -0.432 e. The molecule has 0 radical (unpaired) electrons. The van der Waals surface area contributed by atoms with Crippen LogP contribution in [0.25, 0.3) is 0 Å². The number of hydrogen-bond acceptors (Lipinski definition) is 8. The van der Waals surface area contributed by atoms with Crippen molar-refractivity contribution in [3.63, 3.8) is 0 Å². The molecule has 0 saturated heterocycles. The molecular weight excluding hydrogens is 416 g/mol. The molecule has 0 aromatic rings. The van der Waals surface area contributed by atoms with Gasteiger partial charge in [-0.3, -0.25) is 0 Å². The highest BCUT2D eigenvalue weighted by Gasteiger charge is 2.21. The van der Waals surface area contributed by atoms with E-state index in [-0.39, 0.29) is 37.6 Å². The third-order valence-electron chi connectivity index (χ3n) is 5.98. The lowest BCUT2D eigenvalue weighted by molar-refractivity contribution is -0.0230. The van der Waals surface area contributed by atoms with Crippen LogP contribution in [0.4, 0.5) is 9.59 Å². The van der Waals surface area contributed by atoms with Gasteiger partial charge in [0.05, 0.1) is 12.2 Å². The van der Waals surface area contributed by atoms with Crippen LogP contribution in [0.5, 0.6) is 0 Å². The number of rotatable bonds is 10. The first-order valence-corrected chi connectivity index (χ1v) is 12.2. The van der Waals surface area contributed by atoms with Crippen LogP contribution in [-0.4, -0.2) is 64.2 Å². The van der Waals surface area contributed by atoms with Gasteiger partial charge in [-0.15, -0.1) is 0 Å². The molecule has 8 heteroatoms. The van der Waals surface area contributed by atoms with Gasteiger partial charge in [-0.2, -0.15) is 0 Å². The first-order chi connectivity index (χ1) is 15.5. The third kappa shape index (κ3) is 13.1. The zero-order valence-corrected chi connectivity index (χ0v) is 20.5. The predicted molar refractivity (Wildman–Crippen MR) is 121 cm³/mol. The zero-order valence-electron chi connectivity index (χ0n) is 20.5. The first kappa shape index (κ1) is 28.5. The van der Waals surface area contributed by atoms with Crippen molar-refractivity contribution in [3.05, 3.63) is 0 Å². The summed E-state index contributed by atoms with van der Waals surface area (Å²) in [6.45, 7) is 4.34. The molecule has 0 heterocycles. The molecule has 4 atom stereocenters. The molecule has 0 aromatic heterocycles. The molecule has 188 valence electrons. The van der Waals surface area contributed by atoms with E-state index in [1.165, 1.54) is 0 Å². The van der Waals surface area contributed by atoms with E-state index in [9.17, 15) is 9.59 Å². The summed E-state index contributed by atoms with van der Waals surface area (Å²) in [6, 6.07) is 0. The van der Waals surface area contributed by atoms with Gasteiger partial charge in [0.1, 0.15) is 25.4 Å². The highest BCUT2D eigenvalue weighted by Crippen LogP contribution is 2.21. The zero-order chi connectivity index (χ0) is 23.6. The molecule has 0 bridgehead atoms. The SMILES string of the molecule is CCC(COC(=O)OC1CCCCCCCC(OC(=O)OCC(CC)OC)CCC1)OC. The monoisotopic (exact) mass is 460 g/mol. The Balaban J connectivity index is 2.49. The predicted octanol–water partition coefficient (Wildman–Crippen LogP) is 5.79. The van der Waals surface area contributed by atoms with Crippen LogP contribution >= 0.6 is 0 Å². The maximum Gasteiger partial charge on any atom is 0.508 e. The number of hydrogen-bond donors (Lipinski definition) is 0. The standard InChI is InChI=1S/C24H44O8/c1-5-19(27-3)17-29-23(25)31-21-13-10-8-7-9-11-14-22(16-12-15-21)32-24(26)30-18-20(6-2)28-4/h19-22H,5-18H2,1-4H3. The van der Waals surface area contributed by atoms with Crippen LogP contribution in [0, 0.1) is 0 Å². The van der Waals surface area contributed by atoms with E-state index < -0.39 is 12.3 Å². The van der Waals surface area contributed by atoms with Crippen molar-refractivity contribution in [2.45, 2.75) is 115 Å². The van der Waals surface area contributed by atoms with Gasteiger partial charge < -0.3 is 28.4 Å². The minimum absolute atomic E-state index is 0.118. The molecule has 1 aliphatic carbocycles. The maximum absolute atomic E-state index is 12.1. The quantitative estimate of drug-likeness (QED) is 0.378. The van der Waals surface area contributed by atoms with Crippen molar-refractivity contribution in [1.29, 1.82) is 0 Å². The Hall–Kier alpha value is -1.54. The molecule has 1 fully saturated rings. The summed E-state index contributed by atoms with van der Waals surface area (Å²) in [5.74, 6) is 0. The first-order valence-electron chi connectivity index (χ1n) is 12.2. The maximum atomic E-state index is 12.1. The molecule has 0 amide bonds. The molecule has 1 rings (SSSR count). The second-order valence-corrected chi connectivity index (χ2v) is 8.41. The van der Waals surface area contributed by atoms with E-state index in [1.54, 1.807) is 14.2 Å². The van der Waals surface area contributed by atoms with Crippen molar-refractivity contribution in [2.75, 3.05) is 27.4 Å². The van der Waals surface area contributed by atoms with Crippen molar-refractivity contribution in [1.82, 2.24) is 0 Å². The van der Waals surface area contributed by atoms with Gasteiger partial charge in [0.15, 0.2) is 0 Å². The molecule has 32 heavy (non-hydrogen) atoms. The van der Waals surface area contributed by atoms with Crippen molar-refractivity contribution in [2.24, 2.45) is 0 Å². The number of ether oxygens (including phenoxy) is 6. The van der Waals surface area contributed by atoms with Gasteiger partial charge in [-0.05, 0) is 57.8 Å². The molecule has 0 spiro atoms. The molecule has 1 saturated carbocycles. The van der Waals surface area contributed by atoms with Crippen LogP contribution in [-0.2, 0) is 28.4 Å². The van der Waals surface area contributed by atoms with E-state index in [0.717, 1.165) is 64.2 Å². The summed E-state index contributed by atoms with van der Waals surface area (Å²) in [6.07, 6.45) is 8.86. The topological polar surface area (TPSA) is 89.5 Å². The summed E-state index contributed by atoms with van der Waals surface area (Å²) in [5, 5.41) is 0.